The summed E-state index contributed by atoms with van der Waals surface area (Å²) in [5.74, 6) is 1.40. The molecule has 1 N–H and O–H groups in total. The highest BCUT2D eigenvalue weighted by molar-refractivity contribution is 7.12. The zero-order chi connectivity index (χ0) is 10.7. The van der Waals surface area contributed by atoms with Gasteiger partial charge in [-0.05, 0) is 49.9 Å². The molecule has 1 aliphatic heterocycles. The third kappa shape index (κ3) is 2.39. The Balaban J connectivity index is 2.06. The van der Waals surface area contributed by atoms with Gasteiger partial charge in [-0.15, -0.1) is 11.3 Å². The summed E-state index contributed by atoms with van der Waals surface area (Å²) >= 11 is 1.65. The van der Waals surface area contributed by atoms with Crippen LogP contribution in [0.15, 0.2) is 12.1 Å². The minimum Gasteiger partial charge on any atom is -0.317 e. The maximum absolute atomic E-state index is 8.79. The highest BCUT2D eigenvalue weighted by Gasteiger charge is 2.22. The van der Waals surface area contributed by atoms with Gasteiger partial charge < -0.3 is 5.32 Å². The summed E-state index contributed by atoms with van der Waals surface area (Å²) in [7, 11) is 0. The predicted octanol–water partition coefficient (Wildman–Crippen LogP) is 2.72. The molecule has 1 atom stereocenters. The Hall–Kier alpha value is -0.850. The minimum absolute atomic E-state index is 0.610. The molecule has 0 bridgehead atoms. The van der Waals surface area contributed by atoms with E-state index < -0.39 is 0 Å². The predicted molar refractivity (Wildman–Crippen MR) is 63.0 cm³/mol. The first kappa shape index (κ1) is 10.7. The Morgan fingerprint density at radius 3 is 2.80 bits per heavy atom. The molecular formula is C12H16N2S. The molecule has 0 spiro atoms. The monoisotopic (exact) mass is 220 g/mol. The van der Waals surface area contributed by atoms with Gasteiger partial charge in [0.1, 0.15) is 10.9 Å². The average molecular weight is 220 g/mol. The fourth-order valence-corrected chi connectivity index (χ4v) is 3.18. The smallest absolute Gasteiger partial charge is 0.110 e. The Morgan fingerprint density at radius 2 is 2.20 bits per heavy atom. The lowest BCUT2D eigenvalue weighted by Gasteiger charge is -2.27. The molecule has 0 saturated carbocycles. The third-order valence-corrected chi connectivity index (χ3v) is 4.47. The Bertz CT molecular complexity index is 358. The number of nitrogens with zero attached hydrogens (tertiary/aromatic N) is 1. The van der Waals surface area contributed by atoms with E-state index >= 15 is 0 Å². The third-order valence-electron chi connectivity index (χ3n) is 3.28. The summed E-state index contributed by atoms with van der Waals surface area (Å²) in [4.78, 5) is 2.21. The van der Waals surface area contributed by atoms with Crippen LogP contribution in [0.4, 0.5) is 0 Å². The van der Waals surface area contributed by atoms with Gasteiger partial charge in [0.15, 0.2) is 0 Å². The molecule has 2 nitrogen and oxygen atoms in total. The van der Waals surface area contributed by atoms with E-state index in [2.05, 4.69) is 24.4 Å². The van der Waals surface area contributed by atoms with E-state index in [0.29, 0.717) is 5.92 Å². The van der Waals surface area contributed by atoms with Crippen molar-refractivity contribution in [1.29, 1.82) is 5.26 Å². The molecule has 2 heterocycles. The number of hydrogen-bond donors (Lipinski definition) is 1. The number of nitrogens with one attached hydrogen (secondary N) is 1. The van der Waals surface area contributed by atoms with E-state index in [1.54, 1.807) is 11.3 Å². The number of piperidine rings is 1. The van der Waals surface area contributed by atoms with E-state index in [-0.39, 0.29) is 0 Å². The SMILES string of the molecule is CC(c1ccc(C#N)s1)C1CCNCC1. The van der Waals surface area contributed by atoms with Crippen LogP contribution in [0.2, 0.25) is 0 Å². The van der Waals surface area contributed by atoms with Gasteiger partial charge in [-0.3, -0.25) is 0 Å². The Kier molecular flexibility index (Phi) is 3.40. The fraction of sp³-hybridized carbons (Fsp3) is 0.583. The van der Waals surface area contributed by atoms with Crippen molar-refractivity contribution in [3.63, 3.8) is 0 Å². The van der Waals surface area contributed by atoms with Crippen molar-refractivity contribution in [1.82, 2.24) is 5.32 Å². The largest absolute Gasteiger partial charge is 0.317 e. The number of rotatable bonds is 2. The van der Waals surface area contributed by atoms with Crippen LogP contribution in [0.25, 0.3) is 0 Å². The highest BCUT2D eigenvalue weighted by atomic mass is 32.1. The molecule has 1 aliphatic rings. The van der Waals surface area contributed by atoms with Crippen LogP contribution in [0.3, 0.4) is 0 Å². The zero-order valence-electron chi connectivity index (χ0n) is 8.99. The molecule has 1 fully saturated rings. The fourth-order valence-electron chi connectivity index (χ4n) is 2.23. The number of nitriles is 1. The van der Waals surface area contributed by atoms with E-state index in [1.165, 1.54) is 17.7 Å². The second kappa shape index (κ2) is 4.78. The normalized spacial score (nSPS) is 19.7. The minimum atomic E-state index is 0.610. The van der Waals surface area contributed by atoms with E-state index in [1.807, 2.05) is 6.07 Å². The van der Waals surface area contributed by atoms with E-state index in [0.717, 1.165) is 23.9 Å². The number of hydrogen-bond acceptors (Lipinski definition) is 3. The van der Waals surface area contributed by atoms with Gasteiger partial charge in [0.25, 0.3) is 0 Å². The van der Waals surface area contributed by atoms with Crippen LogP contribution in [0.1, 0.15) is 35.4 Å². The Labute approximate surface area is 94.9 Å². The zero-order valence-corrected chi connectivity index (χ0v) is 9.81. The maximum Gasteiger partial charge on any atom is 0.110 e. The molecule has 0 aromatic carbocycles. The lowest BCUT2D eigenvalue weighted by atomic mass is 9.85. The molecule has 1 aromatic heterocycles. The van der Waals surface area contributed by atoms with Gasteiger partial charge in [0, 0.05) is 4.88 Å². The lowest BCUT2D eigenvalue weighted by Crippen LogP contribution is -2.29. The molecule has 3 heteroatoms. The van der Waals surface area contributed by atoms with Crippen LogP contribution in [0.5, 0.6) is 0 Å². The van der Waals surface area contributed by atoms with Gasteiger partial charge in [-0.1, -0.05) is 6.92 Å². The average Bonchev–Trinajstić information content (AvgIpc) is 2.78. The summed E-state index contributed by atoms with van der Waals surface area (Å²) in [6.45, 7) is 4.58. The molecule has 0 radical (unpaired) electrons. The van der Waals surface area contributed by atoms with Crippen LogP contribution in [0, 0.1) is 17.2 Å². The maximum atomic E-state index is 8.79. The van der Waals surface area contributed by atoms with Crippen molar-refractivity contribution in [2.45, 2.75) is 25.7 Å². The van der Waals surface area contributed by atoms with Gasteiger partial charge >= 0.3 is 0 Å². The summed E-state index contributed by atoms with van der Waals surface area (Å²) in [6, 6.07) is 6.27. The highest BCUT2D eigenvalue weighted by Crippen LogP contribution is 2.34. The first-order valence-electron chi connectivity index (χ1n) is 5.52. The lowest BCUT2D eigenvalue weighted by molar-refractivity contribution is 0.333. The van der Waals surface area contributed by atoms with E-state index in [9.17, 15) is 0 Å². The van der Waals surface area contributed by atoms with Gasteiger partial charge in [0.2, 0.25) is 0 Å². The first-order chi connectivity index (χ1) is 7.31. The van der Waals surface area contributed by atoms with E-state index in [4.69, 9.17) is 5.26 Å². The van der Waals surface area contributed by atoms with Crippen molar-refractivity contribution in [2.75, 3.05) is 13.1 Å². The molecule has 80 valence electrons. The quantitative estimate of drug-likeness (QED) is 0.832. The molecular weight excluding hydrogens is 204 g/mol. The molecule has 1 saturated heterocycles. The van der Waals surface area contributed by atoms with Crippen LogP contribution < -0.4 is 5.32 Å². The van der Waals surface area contributed by atoms with Crippen molar-refractivity contribution < 1.29 is 0 Å². The van der Waals surface area contributed by atoms with Crippen molar-refractivity contribution in [2.24, 2.45) is 5.92 Å². The van der Waals surface area contributed by atoms with Crippen LogP contribution in [-0.4, -0.2) is 13.1 Å². The summed E-state index contributed by atoms with van der Waals surface area (Å²) in [5.41, 5.74) is 0. The molecule has 1 unspecified atom stereocenters. The summed E-state index contributed by atoms with van der Waals surface area (Å²) in [5, 5.41) is 12.2. The second-order valence-electron chi connectivity index (χ2n) is 4.19. The standard InChI is InChI=1S/C12H16N2S/c1-9(10-4-6-14-7-5-10)12-3-2-11(8-13)15-12/h2-3,9-10,14H,4-7H2,1H3. The van der Waals surface area contributed by atoms with Crippen molar-refractivity contribution in [3.8, 4) is 6.07 Å². The van der Waals surface area contributed by atoms with Gasteiger partial charge in [-0.2, -0.15) is 5.26 Å². The van der Waals surface area contributed by atoms with Crippen LogP contribution in [-0.2, 0) is 0 Å². The molecule has 2 rings (SSSR count). The Morgan fingerprint density at radius 1 is 1.47 bits per heavy atom. The summed E-state index contributed by atoms with van der Waals surface area (Å²) in [6.07, 6.45) is 2.53. The first-order valence-corrected chi connectivity index (χ1v) is 6.33. The van der Waals surface area contributed by atoms with Gasteiger partial charge in [-0.25, -0.2) is 0 Å². The molecule has 1 aromatic rings. The topological polar surface area (TPSA) is 35.8 Å². The second-order valence-corrected chi connectivity index (χ2v) is 5.31. The molecule has 0 aliphatic carbocycles. The van der Waals surface area contributed by atoms with Crippen molar-refractivity contribution >= 4 is 11.3 Å². The molecule has 15 heavy (non-hydrogen) atoms. The summed E-state index contributed by atoms with van der Waals surface area (Å²) < 4.78 is 0. The number of thiophene rings is 1. The van der Waals surface area contributed by atoms with Gasteiger partial charge in [0.05, 0.1) is 0 Å². The van der Waals surface area contributed by atoms with Crippen molar-refractivity contribution in [3.05, 3.63) is 21.9 Å². The van der Waals surface area contributed by atoms with Crippen LogP contribution >= 0.6 is 11.3 Å². The molecule has 0 amide bonds.